The molecule has 15 heavy (non-hydrogen) atoms. The summed E-state index contributed by atoms with van der Waals surface area (Å²) in [5, 5.41) is 3.31. The Labute approximate surface area is 100 Å². The topological polar surface area (TPSA) is 21.3 Å². The third-order valence-electron chi connectivity index (χ3n) is 2.05. The second kappa shape index (κ2) is 6.85. The van der Waals surface area contributed by atoms with Gasteiger partial charge in [-0.25, -0.2) is 0 Å². The summed E-state index contributed by atoms with van der Waals surface area (Å²) >= 11 is 3.47. The summed E-state index contributed by atoms with van der Waals surface area (Å²) in [7, 11) is 0. The molecule has 0 radical (unpaired) electrons. The van der Waals surface area contributed by atoms with Crippen LogP contribution in [0.2, 0.25) is 0 Å². The smallest absolute Gasteiger partial charge is 0.123 e. The fourth-order valence-electron chi connectivity index (χ4n) is 1.30. The van der Waals surface area contributed by atoms with Crippen molar-refractivity contribution in [1.29, 1.82) is 0 Å². The lowest BCUT2D eigenvalue weighted by Crippen LogP contribution is -2.13. The van der Waals surface area contributed by atoms with Crippen LogP contribution >= 0.6 is 15.9 Å². The van der Waals surface area contributed by atoms with E-state index in [1.165, 1.54) is 5.56 Å². The molecule has 84 valence electrons. The van der Waals surface area contributed by atoms with E-state index in [0.29, 0.717) is 0 Å². The Morgan fingerprint density at radius 1 is 1.33 bits per heavy atom. The first kappa shape index (κ1) is 12.5. The molecule has 0 heterocycles. The number of rotatable bonds is 6. The number of benzene rings is 1. The van der Waals surface area contributed by atoms with Gasteiger partial charge in [0.1, 0.15) is 5.75 Å². The average Bonchev–Trinajstić information content (AvgIpc) is 2.25. The average molecular weight is 272 g/mol. The van der Waals surface area contributed by atoms with Crippen LogP contribution in [-0.2, 0) is 6.54 Å². The molecule has 0 unspecified atom stereocenters. The molecule has 1 N–H and O–H groups in total. The fourth-order valence-corrected chi connectivity index (χ4v) is 1.71. The van der Waals surface area contributed by atoms with Gasteiger partial charge in [-0.2, -0.15) is 0 Å². The predicted molar refractivity (Wildman–Crippen MR) is 67.3 cm³/mol. The normalized spacial score (nSPS) is 10.3. The minimum atomic E-state index is 0.779. The minimum Gasteiger partial charge on any atom is -0.493 e. The summed E-state index contributed by atoms with van der Waals surface area (Å²) in [6.07, 6.45) is 1.04. The van der Waals surface area contributed by atoms with Crippen LogP contribution in [0.25, 0.3) is 0 Å². The molecule has 0 aliphatic heterocycles. The SMILES string of the molecule is CCCOc1ccc(Br)cc1CNCC. The number of nitrogens with one attached hydrogen (secondary N) is 1. The van der Waals surface area contributed by atoms with Gasteiger partial charge in [-0.1, -0.05) is 29.8 Å². The van der Waals surface area contributed by atoms with Crippen molar-refractivity contribution in [2.24, 2.45) is 0 Å². The van der Waals surface area contributed by atoms with Gasteiger partial charge in [0, 0.05) is 16.6 Å². The van der Waals surface area contributed by atoms with Crippen LogP contribution in [0.1, 0.15) is 25.8 Å². The summed E-state index contributed by atoms with van der Waals surface area (Å²) in [6.45, 7) is 6.82. The molecule has 0 bridgehead atoms. The van der Waals surface area contributed by atoms with Gasteiger partial charge < -0.3 is 10.1 Å². The van der Waals surface area contributed by atoms with Crippen LogP contribution in [-0.4, -0.2) is 13.2 Å². The van der Waals surface area contributed by atoms with Gasteiger partial charge in [0.25, 0.3) is 0 Å². The van der Waals surface area contributed by atoms with Crippen molar-refractivity contribution in [3.8, 4) is 5.75 Å². The summed E-state index contributed by atoms with van der Waals surface area (Å²) in [4.78, 5) is 0. The highest BCUT2D eigenvalue weighted by atomic mass is 79.9. The van der Waals surface area contributed by atoms with Gasteiger partial charge in [0.2, 0.25) is 0 Å². The van der Waals surface area contributed by atoms with E-state index >= 15 is 0 Å². The number of hydrogen-bond acceptors (Lipinski definition) is 2. The summed E-state index contributed by atoms with van der Waals surface area (Å²) in [5.41, 5.74) is 1.21. The molecule has 0 saturated heterocycles. The third-order valence-corrected chi connectivity index (χ3v) is 2.54. The lowest BCUT2D eigenvalue weighted by Gasteiger charge is -2.11. The molecule has 0 fully saturated rings. The van der Waals surface area contributed by atoms with Crippen LogP contribution in [0.3, 0.4) is 0 Å². The molecular weight excluding hydrogens is 254 g/mol. The van der Waals surface area contributed by atoms with Crippen LogP contribution in [0, 0.1) is 0 Å². The van der Waals surface area contributed by atoms with Crippen molar-refractivity contribution in [3.63, 3.8) is 0 Å². The van der Waals surface area contributed by atoms with Gasteiger partial charge >= 0.3 is 0 Å². The Bertz CT molecular complexity index is 302. The van der Waals surface area contributed by atoms with Crippen molar-refractivity contribution in [3.05, 3.63) is 28.2 Å². The molecular formula is C12H18BrNO. The molecule has 0 aliphatic rings. The second-order valence-corrected chi connectivity index (χ2v) is 4.30. The quantitative estimate of drug-likeness (QED) is 0.857. The number of halogens is 1. The van der Waals surface area contributed by atoms with Gasteiger partial charge in [0.15, 0.2) is 0 Å². The van der Waals surface area contributed by atoms with Gasteiger partial charge in [-0.05, 0) is 31.2 Å². The van der Waals surface area contributed by atoms with Crippen molar-refractivity contribution < 1.29 is 4.74 Å². The maximum absolute atomic E-state index is 5.68. The van der Waals surface area contributed by atoms with Crippen LogP contribution < -0.4 is 10.1 Å². The van der Waals surface area contributed by atoms with Gasteiger partial charge in [-0.15, -0.1) is 0 Å². The van der Waals surface area contributed by atoms with Gasteiger partial charge in [-0.3, -0.25) is 0 Å². The van der Waals surface area contributed by atoms with Crippen molar-refractivity contribution in [2.75, 3.05) is 13.2 Å². The molecule has 0 amide bonds. The Kier molecular flexibility index (Phi) is 5.73. The van der Waals surface area contributed by atoms with Crippen LogP contribution in [0.5, 0.6) is 5.75 Å². The second-order valence-electron chi connectivity index (χ2n) is 3.38. The van der Waals surface area contributed by atoms with E-state index in [4.69, 9.17) is 4.74 Å². The van der Waals surface area contributed by atoms with Crippen molar-refractivity contribution in [2.45, 2.75) is 26.8 Å². The zero-order valence-electron chi connectivity index (χ0n) is 9.35. The zero-order valence-corrected chi connectivity index (χ0v) is 10.9. The largest absolute Gasteiger partial charge is 0.493 e. The van der Waals surface area contributed by atoms with E-state index in [0.717, 1.165) is 36.3 Å². The molecule has 1 rings (SSSR count). The maximum atomic E-state index is 5.68. The Hall–Kier alpha value is -0.540. The highest BCUT2D eigenvalue weighted by Crippen LogP contribution is 2.23. The van der Waals surface area contributed by atoms with E-state index in [1.54, 1.807) is 0 Å². The monoisotopic (exact) mass is 271 g/mol. The van der Waals surface area contributed by atoms with E-state index in [-0.39, 0.29) is 0 Å². The number of ether oxygens (including phenoxy) is 1. The van der Waals surface area contributed by atoms with E-state index in [1.807, 2.05) is 12.1 Å². The summed E-state index contributed by atoms with van der Waals surface area (Å²) in [6, 6.07) is 6.14. The molecule has 1 aromatic rings. The summed E-state index contributed by atoms with van der Waals surface area (Å²) in [5.74, 6) is 0.987. The molecule has 0 aromatic heterocycles. The molecule has 0 saturated carbocycles. The molecule has 0 aliphatic carbocycles. The van der Waals surface area contributed by atoms with Crippen LogP contribution in [0.4, 0.5) is 0 Å². The molecule has 2 nitrogen and oxygen atoms in total. The molecule has 3 heteroatoms. The number of hydrogen-bond donors (Lipinski definition) is 1. The van der Waals surface area contributed by atoms with E-state index in [2.05, 4.69) is 41.2 Å². The Morgan fingerprint density at radius 3 is 2.80 bits per heavy atom. The highest BCUT2D eigenvalue weighted by Gasteiger charge is 2.03. The van der Waals surface area contributed by atoms with E-state index in [9.17, 15) is 0 Å². The van der Waals surface area contributed by atoms with E-state index < -0.39 is 0 Å². The predicted octanol–water partition coefficient (Wildman–Crippen LogP) is 3.35. The maximum Gasteiger partial charge on any atom is 0.123 e. The first-order valence-electron chi connectivity index (χ1n) is 5.39. The Balaban J connectivity index is 2.73. The lowest BCUT2D eigenvalue weighted by molar-refractivity contribution is 0.313. The highest BCUT2D eigenvalue weighted by molar-refractivity contribution is 9.10. The third kappa shape index (κ3) is 4.22. The van der Waals surface area contributed by atoms with Crippen LogP contribution in [0.15, 0.2) is 22.7 Å². The molecule has 0 atom stereocenters. The minimum absolute atomic E-state index is 0.779. The Morgan fingerprint density at radius 2 is 2.13 bits per heavy atom. The van der Waals surface area contributed by atoms with Crippen molar-refractivity contribution >= 4 is 15.9 Å². The standard InChI is InChI=1S/C12H18BrNO/c1-3-7-15-12-6-5-11(13)8-10(12)9-14-4-2/h5-6,8,14H,3-4,7,9H2,1-2H3. The molecule has 0 spiro atoms. The fraction of sp³-hybridized carbons (Fsp3) is 0.500. The molecule has 1 aromatic carbocycles. The lowest BCUT2D eigenvalue weighted by atomic mass is 10.2. The van der Waals surface area contributed by atoms with Crippen molar-refractivity contribution in [1.82, 2.24) is 5.32 Å². The first-order valence-corrected chi connectivity index (χ1v) is 6.19. The zero-order chi connectivity index (χ0) is 11.1. The first-order chi connectivity index (χ1) is 7.27. The van der Waals surface area contributed by atoms with Gasteiger partial charge in [0.05, 0.1) is 6.61 Å². The summed E-state index contributed by atoms with van der Waals surface area (Å²) < 4.78 is 6.77.